The number of fused-ring (bicyclic) bond motifs is 1. The molecule has 1 aliphatic heterocycles. The highest BCUT2D eigenvalue weighted by molar-refractivity contribution is 5.88. The van der Waals surface area contributed by atoms with Gasteiger partial charge in [0.25, 0.3) is 0 Å². The van der Waals surface area contributed by atoms with Gasteiger partial charge in [-0.25, -0.2) is 14.3 Å². The molecule has 1 fully saturated rings. The minimum absolute atomic E-state index is 0.0391. The number of carbonyl (C=O) groups is 4. The van der Waals surface area contributed by atoms with Crippen LogP contribution in [-0.2, 0) is 43.7 Å². The van der Waals surface area contributed by atoms with E-state index in [0.717, 1.165) is 13.3 Å². The summed E-state index contributed by atoms with van der Waals surface area (Å²) in [6, 6.07) is 4.36. The van der Waals surface area contributed by atoms with Crippen LogP contribution in [0.3, 0.4) is 0 Å². The van der Waals surface area contributed by atoms with Gasteiger partial charge in [0.05, 0.1) is 5.69 Å². The zero-order chi connectivity index (χ0) is 28.7. The fourth-order valence-electron chi connectivity index (χ4n) is 3.77. The Balaban J connectivity index is 1.86. The normalized spacial score (nSPS) is 21.2. The van der Waals surface area contributed by atoms with Crippen LogP contribution in [0.2, 0.25) is 0 Å². The molecule has 0 aromatic carbocycles. The molecule has 39 heavy (non-hydrogen) atoms. The number of ether oxygens (including phenoxy) is 5. The number of nitriles is 1. The number of nitrogens with one attached hydrogen (secondary N) is 1. The average Bonchev–Trinajstić information content (AvgIpc) is 3.49. The summed E-state index contributed by atoms with van der Waals surface area (Å²) in [6.45, 7) is 5.43. The molecule has 1 aliphatic rings. The van der Waals surface area contributed by atoms with Crippen molar-refractivity contribution in [2.24, 2.45) is 11.7 Å². The molecule has 0 saturated carbocycles. The van der Waals surface area contributed by atoms with E-state index in [2.05, 4.69) is 26.2 Å². The Morgan fingerprint density at radius 3 is 2.67 bits per heavy atom. The highest BCUT2D eigenvalue weighted by Crippen LogP contribution is 2.41. The van der Waals surface area contributed by atoms with Crippen molar-refractivity contribution >= 4 is 35.3 Å². The van der Waals surface area contributed by atoms with Crippen LogP contribution in [0, 0.1) is 17.2 Å². The van der Waals surface area contributed by atoms with Gasteiger partial charge < -0.3 is 29.4 Å². The van der Waals surface area contributed by atoms with Crippen LogP contribution < -0.4 is 11.1 Å². The number of carbonyl (C=O) groups excluding carboxylic acids is 4. The number of nitrogens with zero attached hydrogens (tertiary/aromatic N) is 4. The summed E-state index contributed by atoms with van der Waals surface area (Å²) >= 11 is 0. The molecule has 0 aliphatic carbocycles. The molecule has 3 N–H and O–H groups in total. The van der Waals surface area contributed by atoms with Gasteiger partial charge in [-0.3, -0.25) is 19.7 Å². The molecule has 15 nitrogen and oxygen atoms in total. The monoisotopic (exact) mass is 546 g/mol. The van der Waals surface area contributed by atoms with Crippen molar-refractivity contribution in [3.05, 3.63) is 24.2 Å². The summed E-state index contributed by atoms with van der Waals surface area (Å²) in [5.41, 5.74) is 4.74. The Morgan fingerprint density at radius 1 is 1.28 bits per heavy atom. The molecule has 0 bridgehead atoms. The number of nitrogens with two attached hydrogens (primary N) is 1. The van der Waals surface area contributed by atoms with E-state index < -0.39 is 54.6 Å². The molecular weight excluding hydrogens is 516 g/mol. The molecule has 1 unspecified atom stereocenters. The van der Waals surface area contributed by atoms with Crippen molar-refractivity contribution in [2.75, 3.05) is 18.7 Å². The van der Waals surface area contributed by atoms with Crippen LogP contribution >= 0.6 is 0 Å². The molecule has 2 aromatic heterocycles. The number of hydrogen-bond donors (Lipinski definition) is 2. The van der Waals surface area contributed by atoms with E-state index in [0.29, 0.717) is 0 Å². The van der Waals surface area contributed by atoms with Gasteiger partial charge in [-0.15, -0.1) is 0 Å². The van der Waals surface area contributed by atoms with E-state index in [9.17, 15) is 24.4 Å². The summed E-state index contributed by atoms with van der Waals surface area (Å²) in [6.07, 6.45) is -1.69. The molecule has 2 aromatic rings. The summed E-state index contributed by atoms with van der Waals surface area (Å²) in [5.74, 6) is -1.92. The molecule has 0 radical (unpaired) electrons. The van der Waals surface area contributed by atoms with Gasteiger partial charge in [0.15, 0.2) is 5.82 Å². The zero-order valence-corrected chi connectivity index (χ0v) is 21.9. The number of esters is 3. The fourth-order valence-corrected chi connectivity index (χ4v) is 3.77. The third kappa shape index (κ3) is 6.78. The molecule has 1 saturated heterocycles. The van der Waals surface area contributed by atoms with Crippen LogP contribution in [0.25, 0.3) is 5.52 Å². The van der Waals surface area contributed by atoms with Crippen LogP contribution in [-0.4, -0.2) is 70.2 Å². The van der Waals surface area contributed by atoms with Crippen LogP contribution in [0.1, 0.15) is 46.2 Å². The average molecular weight is 547 g/mol. The third-order valence-electron chi connectivity index (χ3n) is 5.93. The van der Waals surface area contributed by atoms with Crippen molar-refractivity contribution in [2.45, 2.75) is 64.4 Å². The van der Waals surface area contributed by atoms with Crippen LogP contribution in [0.15, 0.2) is 18.5 Å². The lowest BCUT2D eigenvalue weighted by molar-refractivity contribution is -0.159. The van der Waals surface area contributed by atoms with E-state index in [-0.39, 0.29) is 42.4 Å². The maximum atomic E-state index is 12.3. The summed E-state index contributed by atoms with van der Waals surface area (Å²) in [7, 11) is 0. The van der Waals surface area contributed by atoms with Gasteiger partial charge in [0.2, 0.25) is 12.4 Å². The van der Waals surface area contributed by atoms with Crippen molar-refractivity contribution in [3.8, 4) is 6.07 Å². The van der Waals surface area contributed by atoms with Crippen molar-refractivity contribution in [1.82, 2.24) is 14.6 Å². The van der Waals surface area contributed by atoms with Crippen LogP contribution in [0.5, 0.6) is 0 Å². The smallest absolute Gasteiger partial charge is 0.415 e. The SMILES string of the molecule is CCC(=O)O[C@H]1C[C@](C#N)(c2ccc3c(NC(=O)OCOC(C)=O)ncnn23)OC1COC(=O)[C@@H](N)C(C)C. The number of aromatic nitrogens is 3. The number of hydrogen-bond acceptors (Lipinski definition) is 13. The number of anilines is 1. The lowest BCUT2D eigenvalue weighted by Gasteiger charge is -2.22. The standard InChI is InChI=1S/C24H30N6O9/c1-5-19(32)38-16-8-24(10-25,39-17(16)9-35-22(33)20(26)13(2)3)18-7-6-15-21(27-11-28-30(15)18)29-23(34)37-12-36-14(4)31/h6-7,11,13,16-17,20H,5,8-9,12,26H2,1-4H3,(H,27,28,29,34)/t16-,17?,20-,24-/m0/s1. The molecule has 210 valence electrons. The lowest BCUT2D eigenvalue weighted by atomic mass is 9.96. The first-order chi connectivity index (χ1) is 18.5. The van der Waals surface area contributed by atoms with Crippen molar-refractivity contribution < 1.29 is 42.9 Å². The van der Waals surface area contributed by atoms with E-state index in [4.69, 9.17) is 24.7 Å². The van der Waals surface area contributed by atoms with Gasteiger partial charge in [0.1, 0.15) is 42.8 Å². The minimum atomic E-state index is -1.66. The van der Waals surface area contributed by atoms with Gasteiger partial charge in [-0.2, -0.15) is 10.4 Å². The molecule has 0 spiro atoms. The number of amides is 1. The Morgan fingerprint density at radius 2 is 2.03 bits per heavy atom. The Labute approximate surface area is 223 Å². The molecule has 3 rings (SSSR count). The predicted octanol–water partition coefficient (Wildman–Crippen LogP) is 1.15. The largest absolute Gasteiger partial charge is 0.462 e. The first kappa shape index (κ1) is 29.3. The Kier molecular flexibility index (Phi) is 9.38. The maximum absolute atomic E-state index is 12.3. The van der Waals surface area contributed by atoms with Gasteiger partial charge >= 0.3 is 24.0 Å². The van der Waals surface area contributed by atoms with E-state index in [1.54, 1.807) is 32.9 Å². The van der Waals surface area contributed by atoms with Gasteiger partial charge in [0, 0.05) is 19.8 Å². The molecule has 4 atom stereocenters. The lowest BCUT2D eigenvalue weighted by Crippen LogP contribution is -2.40. The fraction of sp³-hybridized carbons (Fsp3) is 0.542. The Hall–Kier alpha value is -4.29. The second kappa shape index (κ2) is 12.5. The topological polar surface area (TPSA) is 206 Å². The maximum Gasteiger partial charge on any atom is 0.415 e. The van der Waals surface area contributed by atoms with Crippen molar-refractivity contribution in [3.63, 3.8) is 0 Å². The predicted molar refractivity (Wildman–Crippen MR) is 130 cm³/mol. The first-order valence-electron chi connectivity index (χ1n) is 12.1. The second-order valence-corrected chi connectivity index (χ2v) is 9.02. The van der Waals surface area contributed by atoms with E-state index >= 15 is 0 Å². The molecule has 1 amide bonds. The zero-order valence-electron chi connectivity index (χ0n) is 21.9. The highest BCUT2D eigenvalue weighted by atomic mass is 16.7. The first-order valence-corrected chi connectivity index (χ1v) is 12.1. The minimum Gasteiger partial charge on any atom is -0.462 e. The summed E-state index contributed by atoms with van der Waals surface area (Å²) < 4.78 is 27.6. The van der Waals surface area contributed by atoms with E-state index in [1.165, 1.54) is 4.52 Å². The second-order valence-electron chi connectivity index (χ2n) is 9.02. The Bertz CT molecular complexity index is 1270. The molecule has 3 heterocycles. The molecular formula is C24H30N6O9. The summed E-state index contributed by atoms with van der Waals surface area (Å²) in [4.78, 5) is 51.4. The quantitative estimate of drug-likeness (QED) is 0.244. The summed E-state index contributed by atoms with van der Waals surface area (Å²) in [5, 5.41) is 16.8. The van der Waals surface area contributed by atoms with Gasteiger partial charge in [-0.05, 0) is 18.1 Å². The van der Waals surface area contributed by atoms with E-state index in [1.807, 2.05) is 0 Å². The van der Waals surface area contributed by atoms with Crippen LogP contribution in [0.4, 0.5) is 10.6 Å². The van der Waals surface area contributed by atoms with Crippen molar-refractivity contribution in [1.29, 1.82) is 5.26 Å². The number of rotatable bonds is 10. The molecule has 15 heteroatoms. The van der Waals surface area contributed by atoms with Gasteiger partial charge in [-0.1, -0.05) is 20.8 Å². The highest BCUT2D eigenvalue weighted by Gasteiger charge is 2.52. The third-order valence-corrected chi connectivity index (χ3v) is 5.93.